The van der Waals surface area contributed by atoms with Crippen LogP contribution in [0.4, 0.5) is 0 Å². The van der Waals surface area contributed by atoms with Crippen LogP contribution in [0.5, 0.6) is 0 Å². The molecule has 0 amide bonds. The molecular formula is C11H19N3O. The summed E-state index contributed by atoms with van der Waals surface area (Å²) in [5, 5.41) is 7.31. The smallest absolute Gasteiger partial charge is 0.101 e. The van der Waals surface area contributed by atoms with Crippen molar-refractivity contribution >= 4 is 0 Å². The van der Waals surface area contributed by atoms with Gasteiger partial charge in [0.1, 0.15) is 6.10 Å². The molecule has 0 aromatic carbocycles. The molecule has 84 valence electrons. The molecule has 1 saturated heterocycles. The summed E-state index contributed by atoms with van der Waals surface area (Å²) in [4.78, 5) is 0. The molecule has 4 heteroatoms. The number of H-pyrrole nitrogens is 1. The largest absolute Gasteiger partial charge is 0.372 e. The third-order valence-corrected chi connectivity index (χ3v) is 2.70. The van der Waals surface area contributed by atoms with Gasteiger partial charge in [0.05, 0.1) is 5.69 Å². The van der Waals surface area contributed by atoms with Crippen LogP contribution in [-0.2, 0) is 11.2 Å². The molecule has 0 bridgehead atoms. The monoisotopic (exact) mass is 209 g/mol. The molecular weight excluding hydrogens is 190 g/mol. The van der Waals surface area contributed by atoms with Crippen LogP contribution in [0.25, 0.3) is 0 Å². The summed E-state index contributed by atoms with van der Waals surface area (Å²) in [5.41, 5.74) is 7.87. The van der Waals surface area contributed by atoms with Crippen LogP contribution >= 0.6 is 0 Å². The molecule has 0 saturated carbocycles. The van der Waals surface area contributed by atoms with E-state index in [0.717, 1.165) is 30.8 Å². The highest BCUT2D eigenvalue weighted by Crippen LogP contribution is 2.26. The first kappa shape index (κ1) is 10.6. The molecule has 2 atom stereocenters. The molecule has 2 heterocycles. The minimum Gasteiger partial charge on any atom is -0.372 e. The Morgan fingerprint density at radius 1 is 1.67 bits per heavy atom. The Morgan fingerprint density at radius 2 is 2.53 bits per heavy atom. The highest BCUT2D eigenvalue weighted by atomic mass is 16.5. The van der Waals surface area contributed by atoms with Crippen molar-refractivity contribution in [2.75, 3.05) is 6.61 Å². The Morgan fingerprint density at radius 3 is 3.20 bits per heavy atom. The van der Waals surface area contributed by atoms with Gasteiger partial charge in [-0.3, -0.25) is 5.10 Å². The van der Waals surface area contributed by atoms with Crippen molar-refractivity contribution in [3.63, 3.8) is 0 Å². The number of aromatic nitrogens is 2. The first-order chi connectivity index (χ1) is 7.25. The zero-order chi connectivity index (χ0) is 10.7. The minimum absolute atomic E-state index is 0.172. The van der Waals surface area contributed by atoms with Crippen LogP contribution in [0, 0.1) is 0 Å². The van der Waals surface area contributed by atoms with Crippen molar-refractivity contribution in [3.05, 3.63) is 17.5 Å². The maximum absolute atomic E-state index is 5.73. The Kier molecular flexibility index (Phi) is 3.38. The summed E-state index contributed by atoms with van der Waals surface area (Å²) in [6, 6.07) is 2.25. The maximum atomic E-state index is 5.73. The van der Waals surface area contributed by atoms with Crippen LogP contribution in [0.3, 0.4) is 0 Å². The van der Waals surface area contributed by atoms with Crippen LogP contribution in [0.15, 0.2) is 6.07 Å². The van der Waals surface area contributed by atoms with Gasteiger partial charge >= 0.3 is 0 Å². The molecule has 0 radical (unpaired) electrons. The number of aromatic amines is 1. The van der Waals surface area contributed by atoms with Crippen molar-refractivity contribution in [2.45, 2.75) is 44.8 Å². The summed E-state index contributed by atoms with van der Waals surface area (Å²) in [6.07, 6.45) is 4.53. The molecule has 1 aromatic heterocycles. The predicted molar refractivity (Wildman–Crippen MR) is 58.5 cm³/mol. The Labute approximate surface area is 90.2 Å². The van der Waals surface area contributed by atoms with Crippen molar-refractivity contribution in [1.29, 1.82) is 0 Å². The van der Waals surface area contributed by atoms with Gasteiger partial charge in [0.25, 0.3) is 0 Å². The number of nitrogens with two attached hydrogens (primary N) is 1. The van der Waals surface area contributed by atoms with Crippen LogP contribution in [-0.4, -0.2) is 22.8 Å². The van der Waals surface area contributed by atoms with E-state index in [0.29, 0.717) is 0 Å². The minimum atomic E-state index is 0.172. The van der Waals surface area contributed by atoms with Crippen molar-refractivity contribution in [3.8, 4) is 0 Å². The average Bonchev–Trinajstić information content (AvgIpc) is 2.67. The number of ether oxygens (including phenoxy) is 1. The van der Waals surface area contributed by atoms with E-state index in [2.05, 4.69) is 16.3 Å². The molecule has 0 spiro atoms. The third kappa shape index (κ3) is 2.79. The fourth-order valence-electron chi connectivity index (χ4n) is 1.97. The van der Waals surface area contributed by atoms with E-state index in [1.54, 1.807) is 0 Å². The highest BCUT2D eigenvalue weighted by Gasteiger charge is 2.18. The lowest BCUT2D eigenvalue weighted by molar-refractivity contribution is 0.0123. The van der Waals surface area contributed by atoms with Gasteiger partial charge in [0.2, 0.25) is 0 Å². The first-order valence-electron chi connectivity index (χ1n) is 5.67. The van der Waals surface area contributed by atoms with E-state index in [-0.39, 0.29) is 12.1 Å². The molecule has 1 fully saturated rings. The molecule has 4 nitrogen and oxygen atoms in total. The standard InChI is InChI=1S/C11H19N3O/c1-8(12)6-9-7-10(14-13-9)11-4-2-3-5-15-11/h7-8,11H,2-6,12H2,1H3,(H,13,14). The lowest BCUT2D eigenvalue weighted by atomic mass is 10.1. The molecule has 15 heavy (non-hydrogen) atoms. The summed E-state index contributed by atoms with van der Waals surface area (Å²) >= 11 is 0. The second-order valence-corrected chi connectivity index (χ2v) is 4.35. The molecule has 1 aromatic rings. The van der Waals surface area contributed by atoms with Gasteiger partial charge in [-0.05, 0) is 32.3 Å². The highest BCUT2D eigenvalue weighted by molar-refractivity contribution is 5.12. The Bertz CT molecular complexity index is 303. The number of nitrogens with one attached hydrogen (secondary N) is 1. The Balaban J connectivity index is 1.99. The van der Waals surface area contributed by atoms with Crippen molar-refractivity contribution in [2.24, 2.45) is 5.73 Å². The van der Waals surface area contributed by atoms with Gasteiger partial charge in [-0.2, -0.15) is 5.10 Å². The van der Waals surface area contributed by atoms with Crippen molar-refractivity contribution < 1.29 is 4.74 Å². The Hall–Kier alpha value is -0.870. The summed E-state index contributed by atoms with van der Waals surface area (Å²) in [5.74, 6) is 0. The quantitative estimate of drug-likeness (QED) is 0.793. The molecule has 2 unspecified atom stereocenters. The van der Waals surface area contributed by atoms with E-state index < -0.39 is 0 Å². The average molecular weight is 209 g/mol. The number of rotatable bonds is 3. The SMILES string of the molecule is CC(N)Cc1cc(C2CCCCO2)n[nH]1. The third-order valence-electron chi connectivity index (χ3n) is 2.70. The van der Waals surface area contributed by atoms with Gasteiger partial charge in [0, 0.05) is 24.8 Å². The van der Waals surface area contributed by atoms with Crippen LogP contribution < -0.4 is 5.73 Å². The zero-order valence-corrected chi connectivity index (χ0v) is 9.20. The van der Waals surface area contributed by atoms with Gasteiger partial charge in [-0.25, -0.2) is 0 Å². The van der Waals surface area contributed by atoms with E-state index in [1.807, 2.05) is 6.92 Å². The molecule has 3 N–H and O–H groups in total. The van der Waals surface area contributed by atoms with E-state index in [1.165, 1.54) is 12.8 Å². The lowest BCUT2D eigenvalue weighted by Gasteiger charge is -2.20. The van der Waals surface area contributed by atoms with Crippen LogP contribution in [0.2, 0.25) is 0 Å². The number of hydrogen-bond donors (Lipinski definition) is 2. The second kappa shape index (κ2) is 4.77. The van der Waals surface area contributed by atoms with Gasteiger partial charge in [0.15, 0.2) is 0 Å². The summed E-state index contributed by atoms with van der Waals surface area (Å²) in [6.45, 7) is 2.86. The first-order valence-corrected chi connectivity index (χ1v) is 5.67. The lowest BCUT2D eigenvalue weighted by Crippen LogP contribution is -2.17. The fraction of sp³-hybridized carbons (Fsp3) is 0.727. The number of nitrogens with zero attached hydrogens (tertiary/aromatic N) is 1. The maximum Gasteiger partial charge on any atom is 0.101 e. The summed E-state index contributed by atoms with van der Waals surface area (Å²) in [7, 11) is 0. The predicted octanol–water partition coefficient (Wildman–Crippen LogP) is 1.54. The van der Waals surface area contributed by atoms with Crippen molar-refractivity contribution in [1.82, 2.24) is 10.2 Å². The van der Waals surface area contributed by atoms with Gasteiger partial charge in [-0.15, -0.1) is 0 Å². The molecule has 1 aliphatic rings. The zero-order valence-electron chi connectivity index (χ0n) is 9.20. The van der Waals surface area contributed by atoms with E-state index >= 15 is 0 Å². The number of hydrogen-bond acceptors (Lipinski definition) is 3. The molecule has 0 aliphatic carbocycles. The second-order valence-electron chi connectivity index (χ2n) is 4.35. The molecule has 1 aliphatic heterocycles. The van der Waals surface area contributed by atoms with E-state index in [4.69, 9.17) is 10.5 Å². The van der Waals surface area contributed by atoms with E-state index in [9.17, 15) is 0 Å². The molecule has 2 rings (SSSR count). The fourth-order valence-corrected chi connectivity index (χ4v) is 1.97. The summed E-state index contributed by atoms with van der Waals surface area (Å²) < 4.78 is 5.67. The normalized spacial score (nSPS) is 24.0. The topological polar surface area (TPSA) is 63.9 Å². The van der Waals surface area contributed by atoms with Gasteiger partial charge in [-0.1, -0.05) is 0 Å². The van der Waals surface area contributed by atoms with Gasteiger partial charge < -0.3 is 10.5 Å². The van der Waals surface area contributed by atoms with Crippen LogP contribution in [0.1, 0.15) is 43.7 Å².